The van der Waals surface area contributed by atoms with Crippen molar-refractivity contribution in [1.29, 1.82) is 0 Å². The van der Waals surface area contributed by atoms with E-state index in [9.17, 15) is 13.2 Å². The monoisotopic (exact) mass is 397 g/mol. The quantitative estimate of drug-likeness (QED) is 0.535. The van der Waals surface area contributed by atoms with Crippen LogP contribution in [0.1, 0.15) is 5.56 Å². The Morgan fingerprint density at radius 1 is 1.12 bits per heavy atom. The number of benzene rings is 2. The number of alkyl halides is 3. The number of guanidine groups is 1. The Labute approximate surface area is 153 Å². The largest absolute Gasteiger partial charge is 0.416 e. The van der Waals surface area contributed by atoms with Crippen LogP contribution in [-0.4, -0.2) is 13.0 Å². The van der Waals surface area contributed by atoms with Crippen molar-refractivity contribution in [2.45, 2.75) is 6.18 Å². The van der Waals surface area contributed by atoms with Crippen LogP contribution in [0.5, 0.6) is 0 Å². The highest BCUT2D eigenvalue weighted by Gasteiger charge is 2.30. The lowest BCUT2D eigenvalue weighted by molar-refractivity contribution is -0.137. The van der Waals surface area contributed by atoms with Gasteiger partial charge < -0.3 is 10.6 Å². The smallest absolute Gasteiger partial charge is 0.369 e. The SMILES string of the molecule is CN(C(N)=Nc1cc(Cl)ccc1Cl)c1cccc(C(F)(F)F)c1.Cl. The van der Waals surface area contributed by atoms with Gasteiger partial charge in [-0.15, -0.1) is 12.4 Å². The van der Waals surface area contributed by atoms with E-state index in [0.29, 0.717) is 15.7 Å². The first kappa shape index (κ1) is 20.4. The lowest BCUT2D eigenvalue weighted by Crippen LogP contribution is -2.33. The van der Waals surface area contributed by atoms with E-state index in [1.807, 2.05) is 0 Å². The first-order chi connectivity index (χ1) is 10.7. The number of hydrogen-bond acceptors (Lipinski definition) is 1. The number of aliphatic imine (C=N–C) groups is 1. The maximum atomic E-state index is 12.8. The number of hydrogen-bond donors (Lipinski definition) is 1. The molecule has 0 aliphatic heterocycles. The number of nitrogens with two attached hydrogens (primary N) is 1. The standard InChI is InChI=1S/C15H12Cl2F3N3.ClH/c1-23(11-4-2-3-9(7-11)15(18,19)20)14(21)22-13-8-10(16)5-6-12(13)17;/h2-8H,1H3,(H2,21,22);1H. The van der Waals surface area contributed by atoms with Crippen molar-refractivity contribution in [2.75, 3.05) is 11.9 Å². The zero-order valence-electron chi connectivity index (χ0n) is 12.3. The minimum absolute atomic E-state index is 0. The molecule has 130 valence electrons. The molecule has 0 amide bonds. The lowest BCUT2D eigenvalue weighted by atomic mass is 10.2. The third-order valence-corrected chi connectivity index (χ3v) is 3.60. The van der Waals surface area contributed by atoms with E-state index >= 15 is 0 Å². The van der Waals surface area contributed by atoms with Gasteiger partial charge in [0.1, 0.15) is 0 Å². The molecule has 0 fully saturated rings. The van der Waals surface area contributed by atoms with E-state index in [1.54, 1.807) is 12.1 Å². The molecule has 0 aromatic heterocycles. The topological polar surface area (TPSA) is 41.6 Å². The van der Waals surface area contributed by atoms with Crippen LogP contribution in [0.15, 0.2) is 47.5 Å². The maximum absolute atomic E-state index is 12.8. The van der Waals surface area contributed by atoms with E-state index in [0.717, 1.165) is 12.1 Å². The Morgan fingerprint density at radius 2 is 1.79 bits per heavy atom. The van der Waals surface area contributed by atoms with Gasteiger partial charge >= 0.3 is 6.18 Å². The van der Waals surface area contributed by atoms with Crippen molar-refractivity contribution in [1.82, 2.24) is 0 Å². The number of rotatable bonds is 2. The zero-order chi connectivity index (χ0) is 17.2. The van der Waals surface area contributed by atoms with Gasteiger partial charge in [-0.05, 0) is 36.4 Å². The Kier molecular flexibility index (Phi) is 6.77. The highest BCUT2D eigenvalue weighted by atomic mass is 35.5. The third-order valence-electron chi connectivity index (χ3n) is 3.05. The molecular formula is C15H13Cl3F3N3. The molecule has 0 atom stereocenters. The summed E-state index contributed by atoms with van der Waals surface area (Å²) in [7, 11) is 1.51. The summed E-state index contributed by atoms with van der Waals surface area (Å²) in [6.45, 7) is 0. The Morgan fingerprint density at radius 3 is 2.42 bits per heavy atom. The van der Waals surface area contributed by atoms with Crippen LogP contribution in [0.2, 0.25) is 10.0 Å². The second kappa shape index (κ2) is 7.96. The molecule has 0 aliphatic carbocycles. The van der Waals surface area contributed by atoms with Gasteiger partial charge in [0.2, 0.25) is 5.96 Å². The summed E-state index contributed by atoms with van der Waals surface area (Å²) >= 11 is 11.8. The fourth-order valence-corrected chi connectivity index (χ4v) is 2.12. The molecule has 9 heteroatoms. The van der Waals surface area contributed by atoms with Crippen LogP contribution in [0.3, 0.4) is 0 Å². The molecule has 0 spiro atoms. The summed E-state index contributed by atoms with van der Waals surface area (Å²) < 4.78 is 38.3. The summed E-state index contributed by atoms with van der Waals surface area (Å²) in [4.78, 5) is 5.44. The molecule has 0 saturated heterocycles. The molecule has 0 aliphatic rings. The summed E-state index contributed by atoms with van der Waals surface area (Å²) in [6.07, 6.45) is -4.43. The number of anilines is 1. The summed E-state index contributed by atoms with van der Waals surface area (Å²) in [5, 5.41) is 0.748. The van der Waals surface area contributed by atoms with Gasteiger partial charge in [0.15, 0.2) is 0 Å². The van der Waals surface area contributed by atoms with E-state index < -0.39 is 11.7 Å². The van der Waals surface area contributed by atoms with E-state index in [4.69, 9.17) is 28.9 Å². The molecular weight excluding hydrogens is 386 g/mol. The highest BCUT2D eigenvalue weighted by molar-refractivity contribution is 6.35. The van der Waals surface area contributed by atoms with Gasteiger partial charge in [0, 0.05) is 17.8 Å². The first-order valence-corrected chi connectivity index (χ1v) is 7.14. The van der Waals surface area contributed by atoms with Crippen molar-refractivity contribution in [3.8, 4) is 0 Å². The van der Waals surface area contributed by atoms with Crippen LogP contribution in [-0.2, 0) is 6.18 Å². The predicted molar refractivity (Wildman–Crippen MR) is 94.8 cm³/mol. The predicted octanol–water partition coefficient (Wildman–Crippen LogP) is 5.52. The average Bonchev–Trinajstić information content (AvgIpc) is 2.49. The van der Waals surface area contributed by atoms with Crippen LogP contribution >= 0.6 is 35.6 Å². The minimum atomic E-state index is -4.43. The second-order valence-electron chi connectivity index (χ2n) is 4.67. The van der Waals surface area contributed by atoms with Crippen LogP contribution in [0.4, 0.5) is 24.5 Å². The molecule has 2 aromatic carbocycles. The molecule has 0 unspecified atom stereocenters. The molecule has 0 heterocycles. The van der Waals surface area contributed by atoms with Gasteiger partial charge in [0.25, 0.3) is 0 Å². The molecule has 0 bridgehead atoms. The molecule has 3 nitrogen and oxygen atoms in total. The zero-order valence-corrected chi connectivity index (χ0v) is 14.6. The van der Waals surface area contributed by atoms with Crippen molar-refractivity contribution >= 4 is 52.9 Å². The maximum Gasteiger partial charge on any atom is 0.416 e. The van der Waals surface area contributed by atoms with Gasteiger partial charge in [0.05, 0.1) is 16.3 Å². The van der Waals surface area contributed by atoms with Gasteiger partial charge in [-0.3, -0.25) is 0 Å². The van der Waals surface area contributed by atoms with Crippen LogP contribution in [0.25, 0.3) is 0 Å². The normalized spacial score (nSPS) is 11.8. The van der Waals surface area contributed by atoms with Crippen LogP contribution < -0.4 is 10.6 Å². The molecule has 0 radical (unpaired) electrons. The second-order valence-corrected chi connectivity index (χ2v) is 5.52. The average molecular weight is 399 g/mol. The highest BCUT2D eigenvalue weighted by Crippen LogP contribution is 2.32. The molecule has 24 heavy (non-hydrogen) atoms. The van der Waals surface area contributed by atoms with Crippen molar-refractivity contribution in [3.05, 3.63) is 58.1 Å². The summed E-state index contributed by atoms with van der Waals surface area (Å²) in [6, 6.07) is 9.43. The summed E-state index contributed by atoms with van der Waals surface area (Å²) in [5.41, 5.74) is 5.66. The van der Waals surface area contributed by atoms with Crippen LogP contribution in [0, 0.1) is 0 Å². The van der Waals surface area contributed by atoms with E-state index in [2.05, 4.69) is 4.99 Å². The fourth-order valence-electron chi connectivity index (χ4n) is 1.79. The molecule has 2 aromatic rings. The molecule has 2 rings (SSSR count). The Balaban J connectivity index is 0.00000288. The minimum Gasteiger partial charge on any atom is -0.369 e. The van der Waals surface area contributed by atoms with Gasteiger partial charge in [-0.1, -0.05) is 29.3 Å². The first-order valence-electron chi connectivity index (χ1n) is 6.38. The molecule has 2 N–H and O–H groups in total. The number of nitrogens with zero attached hydrogens (tertiary/aromatic N) is 2. The van der Waals surface area contributed by atoms with E-state index in [-0.39, 0.29) is 24.1 Å². The third kappa shape index (κ3) is 4.93. The summed E-state index contributed by atoms with van der Waals surface area (Å²) in [5.74, 6) is -0.0199. The fraction of sp³-hybridized carbons (Fsp3) is 0.133. The van der Waals surface area contributed by atoms with Gasteiger partial charge in [-0.2, -0.15) is 13.2 Å². The van der Waals surface area contributed by atoms with E-state index in [1.165, 1.54) is 30.1 Å². The van der Waals surface area contributed by atoms with Crippen molar-refractivity contribution < 1.29 is 13.2 Å². The number of halogens is 6. The van der Waals surface area contributed by atoms with Crippen molar-refractivity contribution in [3.63, 3.8) is 0 Å². The Bertz CT molecular complexity index is 748. The van der Waals surface area contributed by atoms with Gasteiger partial charge in [-0.25, -0.2) is 4.99 Å². The van der Waals surface area contributed by atoms with Crippen molar-refractivity contribution in [2.24, 2.45) is 10.7 Å². The lowest BCUT2D eigenvalue weighted by Gasteiger charge is -2.19. The molecule has 0 saturated carbocycles. The Hall–Kier alpha value is -1.63.